The predicted molar refractivity (Wildman–Crippen MR) is 64.1 cm³/mol. The Bertz CT molecular complexity index is 261. The van der Waals surface area contributed by atoms with Gasteiger partial charge < -0.3 is 15.5 Å². The van der Waals surface area contributed by atoms with Crippen LogP contribution in [0.3, 0.4) is 0 Å². The fourth-order valence-electron chi connectivity index (χ4n) is 2.27. The average molecular weight is 223 g/mol. The van der Waals surface area contributed by atoms with Crippen molar-refractivity contribution in [3.63, 3.8) is 0 Å². The monoisotopic (exact) mass is 223 g/mol. The van der Waals surface area contributed by atoms with Crippen LogP contribution in [0.2, 0.25) is 0 Å². The van der Waals surface area contributed by atoms with E-state index >= 15 is 0 Å². The Kier molecular flexibility index (Phi) is 4.22. The number of hydrogen-bond acceptors (Lipinski definition) is 2. The summed E-state index contributed by atoms with van der Waals surface area (Å²) in [5, 5.41) is 6.16. The van der Waals surface area contributed by atoms with E-state index in [2.05, 4.69) is 10.6 Å². The summed E-state index contributed by atoms with van der Waals surface area (Å²) in [6, 6.07) is 0.0552. The molecule has 4 heteroatoms. The molecule has 2 aliphatic rings. The summed E-state index contributed by atoms with van der Waals surface area (Å²) in [6.45, 7) is 3.44. The second kappa shape index (κ2) is 5.89. The number of nitrogens with one attached hydrogen (secondary N) is 2. The zero-order valence-electron chi connectivity index (χ0n) is 9.80. The molecule has 0 atom stereocenters. The van der Waals surface area contributed by atoms with E-state index in [0.29, 0.717) is 0 Å². The summed E-state index contributed by atoms with van der Waals surface area (Å²) < 4.78 is 0. The molecule has 0 bridgehead atoms. The lowest BCUT2D eigenvalue weighted by Crippen LogP contribution is -2.49. The molecule has 2 rings (SSSR count). The van der Waals surface area contributed by atoms with Crippen LogP contribution in [0.1, 0.15) is 32.1 Å². The van der Waals surface area contributed by atoms with Crippen LogP contribution in [0, 0.1) is 0 Å². The van der Waals surface area contributed by atoms with Crippen molar-refractivity contribution in [1.82, 2.24) is 15.5 Å². The van der Waals surface area contributed by atoms with Gasteiger partial charge in [0, 0.05) is 32.4 Å². The van der Waals surface area contributed by atoms with Crippen LogP contribution in [0.5, 0.6) is 0 Å². The second-order valence-electron chi connectivity index (χ2n) is 4.55. The van der Waals surface area contributed by atoms with E-state index in [1.165, 1.54) is 24.8 Å². The molecule has 2 N–H and O–H groups in total. The van der Waals surface area contributed by atoms with Gasteiger partial charge in [0.1, 0.15) is 0 Å². The van der Waals surface area contributed by atoms with Crippen molar-refractivity contribution in [2.75, 3.05) is 26.2 Å². The quantitative estimate of drug-likeness (QED) is 0.706. The van der Waals surface area contributed by atoms with Crippen molar-refractivity contribution in [3.8, 4) is 0 Å². The smallest absolute Gasteiger partial charge is 0.321 e. The molecule has 90 valence electrons. The van der Waals surface area contributed by atoms with Crippen LogP contribution in [0.4, 0.5) is 4.79 Å². The minimum absolute atomic E-state index is 0.0552. The van der Waals surface area contributed by atoms with Gasteiger partial charge in [-0.3, -0.25) is 0 Å². The predicted octanol–water partition coefficient (Wildman–Crippen LogP) is 1.45. The summed E-state index contributed by atoms with van der Waals surface area (Å²) in [6.07, 6.45) is 8.13. The van der Waals surface area contributed by atoms with Crippen molar-refractivity contribution in [2.24, 2.45) is 0 Å². The zero-order valence-corrected chi connectivity index (χ0v) is 9.80. The van der Waals surface area contributed by atoms with Crippen molar-refractivity contribution >= 4 is 6.03 Å². The standard InChI is InChI=1S/C12H21N3O/c16-12(15-8-6-13-7-9-15)14-10-11-4-2-1-3-5-11/h10,13H,1-9H2,(H,14,16). The number of rotatable bonds is 1. The molecule has 2 amide bonds. The van der Waals surface area contributed by atoms with Gasteiger partial charge in [-0.05, 0) is 25.7 Å². The number of piperazine rings is 1. The molecule has 0 radical (unpaired) electrons. The number of nitrogens with zero attached hydrogens (tertiary/aromatic N) is 1. The average Bonchev–Trinajstić information content (AvgIpc) is 2.38. The summed E-state index contributed by atoms with van der Waals surface area (Å²) in [7, 11) is 0. The molecule has 2 fully saturated rings. The lowest BCUT2D eigenvalue weighted by atomic mass is 9.96. The molecule has 0 spiro atoms. The van der Waals surface area contributed by atoms with E-state index in [9.17, 15) is 4.79 Å². The van der Waals surface area contributed by atoms with E-state index < -0.39 is 0 Å². The largest absolute Gasteiger partial charge is 0.322 e. The Labute approximate surface area is 97.1 Å². The molecular weight excluding hydrogens is 202 g/mol. The highest BCUT2D eigenvalue weighted by Crippen LogP contribution is 2.21. The minimum Gasteiger partial charge on any atom is -0.322 e. The third kappa shape index (κ3) is 3.23. The number of hydrogen-bond donors (Lipinski definition) is 2. The molecule has 4 nitrogen and oxygen atoms in total. The summed E-state index contributed by atoms with van der Waals surface area (Å²) in [4.78, 5) is 13.7. The summed E-state index contributed by atoms with van der Waals surface area (Å²) in [5.41, 5.74) is 1.40. The van der Waals surface area contributed by atoms with E-state index in [1.807, 2.05) is 11.1 Å². The number of carbonyl (C=O) groups is 1. The van der Waals surface area contributed by atoms with Crippen molar-refractivity contribution in [1.29, 1.82) is 0 Å². The van der Waals surface area contributed by atoms with Gasteiger partial charge >= 0.3 is 6.03 Å². The number of allylic oxidation sites excluding steroid dienone is 1. The van der Waals surface area contributed by atoms with Gasteiger partial charge in [0.05, 0.1) is 0 Å². The van der Waals surface area contributed by atoms with Crippen LogP contribution in [0.15, 0.2) is 11.8 Å². The van der Waals surface area contributed by atoms with Crippen LogP contribution in [-0.2, 0) is 0 Å². The maximum absolute atomic E-state index is 11.8. The third-order valence-corrected chi connectivity index (χ3v) is 3.30. The number of urea groups is 1. The maximum atomic E-state index is 11.8. The molecule has 0 aromatic carbocycles. The SMILES string of the molecule is O=C(NC=C1CCCCC1)N1CCNCC1. The van der Waals surface area contributed by atoms with E-state index in [4.69, 9.17) is 0 Å². The zero-order chi connectivity index (χ0) is 11.2. The van der Waals surface area contributed by atoms with E-state index in [1.54, 1.807) is 0 Å². The second-order valence-corrected chi connectivity index (χ2v) is 4.55. The molecule has 0 aromatic heterocycles. The van der Waals surface area contributed by atoms with Gasteiger partial charge in [-0.15, -0.1) is 0 Å². The van der Waals surface area contributed by atoms with Gasteiger partial charge in [-0.2, -0.15) is 0 Å². The Morgan fingerprint density at radius 3 is 2.56 bits per heavy atom. The highest BCUT2D eigenvalue weighted by atomic mass is 16.2. The first-order chi connectivity index (χ1) is 7.86. The Balaban J connectivity index is 1.77. The van der Waals surface area contributed by atoms with Gasteiger partial charge in [-0.25, -0.2) is 4.79 Å². The van der Waals surface area contributed by atoms with E-state index in [-0.39, 0.29) is 6.03 Å². The van der Waals surface area contributed by atoms with Crippen molar-refractivity contribution in [3.05, 3.63) is 11.8 Å². The van der Waals surface area contributed by atoms with Crippen LogP contribution >= 0.6 is 0 Å². The van der Waals surface area contributed by atoms with Crippen LogP contribution in [0.25, 0.3) is 0 Å². The normalized spacial score (nSPS) is 21.8. The summed E-state index contributed by atoms with van der Waals surface area (Å²) >= 11 is 0. The van der Waals surface area contributed by atoms with E-state index in [0.717, 1.165) is 39.0 Å². The lowest BCUT2D eigenvalue weighted by molar-refractivity contribution is 0.194. The minimum atomic E-state index is 0.0552. The van der Waals surface area contributed by atoms with Gasteiger partial charge in [-0.1, -0.05) is 12.0 Å². The molecule has 1 aliphatic carbocycles. The molecule has 1 saturated heterocycles. The van der Waals surface area contributed by atoms with Gasteiger partial charge in [0.15, 0.2) is 0 Å². The van der Waals surface area contributed by atoms with Crippen molar-refractivity contribution < 1.29 is 4.79 Å². The van der Waals surface area contributed by atoms with Crippen molar-refractivity contribution in [2.45, 2.75) is 32.1 Å². The molecule has 0 unspecified atom stereocenters. The van der Waals surface area contributed by atoms with Gasteiger partial charge in [0.25, 0.3) is 0 Å². The van der Waals surface area contributed by atoms with Crippen LogP contribution < -0.4 is 10.6 Å². The molecule has 1 saturated carbocycles. The molecule has 16 heavy (non-hydrogen) atoms. The molecular formula is C12H21N3O. The van der Waals surface area contributed by atoms with Crippen LogP contribution in [-0.4, -0.2) is 37.1 Å². The topological polar surface area (TPSA) is 44.4 Å². The molecule has 1 aliphatic heterocycles. The summed E-state index contributed by atoms with van der Waals surface area (Å²) in [5.74, 6) is 0. The number of amides is 2. The highest BCUT2D eigenvalue weighted by Gasteiger charge is 2.15. The highest BCUT2D eigenvalue weighted by molar-refractivity contribution is 5.75. The molecule has 1 heterocycles. The third-order valence-electron chi connectivity index (χ3n) is 3.30. The maximum Gasteiger partial charge on any atom is 0.321 e. The fraction of sp³-hybridized carbons (Fsp3) is 0.750. The Morgan fingerprint density at radius 2 is 1.88 bits per heavy atom. The fourth-order valence-corrected chi connectivity index (χ4v) is 2.27. The van der Waals surface area contributed by atoms with Gasteiger partial charge in [0.2, 0.25) is 0 Å². The Hall–Kier alpha value is -1.03. The first kappa shape index (κ1) is 11.5. The first-order valence-electron chi connectivity index (χ1n) is 6.30. The molecule has 0 aromatic rings. The lowest BCUT2D eigenvalue weighted by Gasteiger charge is -2.27. The Morgan fingerprint density at radius 1 is 1.19 bits per heavy atom. The first-order valence-corrected chi connectivity index (χ1v) is 6.30. The number of carbonyl (C=O) groups excluding carboxylic acids is 1.